The van der Waals surface area contributed by atoms with Gasteiger partial charge in [-0.2, -0.15) is 0 Å². The van der Waals surface area contributed by atoms with Crippen molar-refractivity contribution in [2.75, 3.05) is 4.90 Å². The van der Waals surface area contributed by atoms with E-state index in [2.05, 4.69) is 79.2 Å². The molecule has 208 valence electrons. The molecule has 0 spiro atoms. The number of anilines is 1. The number of fused-ring (bicyclic) bond motifs is 4. The summed E-state index contributed by atoms with van der Waals surface area (Å²) in [5, 5.41) is 11.1. The minimum absolute atomic E-state index is 0. The van der Waals surface area contributed by atoms with E-state index in [0.717, 1.165) is 29.6 Å². The molecule has 0 unspecified atom stereocenters. The normalized spacial score (nSPS) is 17.4. The number of nitrogens with zero attached hydrogens (tertiary/aromatic N) is 3. The summed E-state index contributed by atoms with van der Waals surface area (Å²) in [6.45, 7) is 6.54. The maximum Gasteiger partial charge on any atom is 0.217 e. The summed E-state index contributed by atoms with van der Waals surface area (Å²) in [5.41, 5.74) is 9.09. The number of phenolic OH excluding ortho intramolecular Hbond substituents is 1. The second kappa shape index (κ2) is 10.8. The Morgan fingerprint density at radius 2 is 1.68 bits per heavy atom. The van der Waals surface area contributed by atoms with Crippen LogP contribution in [0.1, 0.15) is 45.8 Å². The fourth-order valence-corrected chi connectivity index (χ4v) is 6.43. The molecule has 0 radical (unpaired) electrons. The molecule has 1 N–H and O–H groups in total. The van der Waals surface area contributed by atoms with E-state index < -0.39 is 0 Å². The Labute approximate surface area is 254 Å². The van der Waals surface area contributed by atoms with Crippen LogP contribution in [0.5, 0.6) is 17.4 Å². The van der Waals surface area contributed by atoms with E-state index in [1.807, 2.05) is 30.3 Å². The van der Waals surface area contributed by atoms with Crippen LogP contribution in [0.3, 0.4) is 0 Å². The Balaban J connectivity index is 0.00000302. The Bertz CT molecular complexity index is 1790. The van der Waals surface area contributed by atoms with Gasteiger partial charge in [-0.15, -0.1) is 23.8 Å². The van der Waals surface area contributed by atoms with Crippen molar-refractivity contribution in [3.8, 4) is 17.4 Å². The molecule has 0 saturated heterocycles. The third-order valence-electron chi connectivity index (χ3n) is 8.02. The average molecular weight is 720 g/mol. The number of hydrogen-bond acceptors (Lipinski definition) is 5. The van der Waals surface area contributed by atoms with Crippen LogP contribution < -0.4 is 9.64 Å². The van der Waals surface area contributed by atoms with Gasteiger partial charge in [0.15, 0.2) is 0 Å². The molecule has 1 aliphatic carbocycles. The van der Waals surface area contributed by atoms with Crippen LogP contribution in [-0.4, -0.2) is 22.0 Å². The molecule has 2 heterocycles. The van der Waals surface area contributed by atoms with Gasteiger partial charge in [0.25, 0.3) is 0 Å². The molecule has 0 amide bonds. The van der Waals surface area contributed by atoms with Crippen molar-refractivity contribution >= 4 is 22.4 Å². The quantitative estimate of drug-likeness (QED) is 0.193. The van der Waals surface area contributed by atoms with Crippen LogP contribution in [0.25, 0.3) is 10.9 Å². The molecular weight excluding hydrogens is 689 g/mol. The molecule has 2 aliphatic rings. The van der Waals surface area contributed by atoms with Crippen molar-refractivity contribution in [2.24, 2.45) is 4.99 Å². The number of aromatic hydroxyl groups is 1. The van der Waals surface area contributed by atoms with Crippen LogP contribution in [-0.2, 0) is 27.5 Å². The molecule has 0 bridgehead atoms. The molecule has 2 atom stereocenters. The molecule has 5 aromatic rings. The SMILES string of the molecule is Cc1cc(C)c(N2C(c3[c-]c(Oc4ccc5cccc(O)c5n4)ccc3)=N[C@H]3CCc4ccccc4[C@@H]32)c(C)c1.[Pt]. The van der Waals surface area contributed by atoms with E-state index in [0.29, 0.717) is 17.1 Å². The largest absolute Gasteiger partial charge is 0.506 e. The molecule has 1 aliphatic heterocycles. The summed E-state index contributed by atoms with van der Waals surface area (Å²) in [7, 11) is 0. The van der Waals surface area contributed by atoms with Gasteiger partial charge in [-0.05, 0) is 68.0 Å². The first kappa shape index (κ1) is 27.2. The fourth-order valence-electron chi connectivity index (χ4n) is 6.43. The zero-order chi connectivity index (χ0) is 27.4. The monoisotopic (exact) mass is 719 g/mol. The van der Waals surface area contributed by atoms with Gasteiger partial charge in [0.2, 0.25) is 5.88 Å². The number of aliphatic imine (C=N–C) groups is 1. The van der Waals surface area contributed by atoms with Gasteiger partial charge < -0.3 is 19.7 Å². The molecule has 7 rings (SSSR count). The number of hydrogen-bond donors (Lipinski definition) is 1. The summed E-state index contributed by atoms with van der Waals surface area (Å²) < 4.78 is 6.17. The van der Waals surface area contributed by atoms with Crippen LogP contribution in [0.4, 0.5) is 5.69 Å². The smallest absolute Gasteiger partial charge is 0.217 e. The number of amidine groups is 1. The number of ether oxygens (including phenoxy) is 1. The molecule has 41 heavy (non-hydrogen) atoms. The summed E-state index contributed by atoms with van der Waals surface area (Å²) >= 11 is 0. The summed E-state index contributed by atoms with van der Waals surface area (Å²) in [6.07, 6.45) is 2.04. The maximum atomic E-state index is 10.3. The van der Waals surface area contributed by atoms with Crippen LogP contribution in [0.2, 0.25) is 0 Å². The van der Waals surface area contributed by atoms with Gasteiger partial charge >= 0.3 is 0 Å². The van der Waals surface area contributed by atoms with Gasteiger partial charge in [-0.3, -0.25) is 0 Å². The second-order valence-corrected chi connectivity index (χ2v) is 10.8. The zero-order valence-electron chi connectivity index (χ0n) is 23.2. The molecule has 4 aromatic carbocycles. The first-order valence-electron chi connectivity index (χ1n) is 13.8. The van der Waals surface area contributed by atoms with E-state index in [4.69, 9.17) is 9.73 Å². The van der Waals surface area contributed by atoms with E-state index in [1.165, 1.54) is 33.5 Å². The van der Waals surface area contributed by atoms with Crippen LogP contribution >= 0.6 is 0 Å². The van der Waals surface area contributed by atoms with Gasteiger partial charge in [-0.25, -0.2) is 4.98 Å². The van der Waals surface area contributed by atoms with Crippen molar-refractivity contribution in [2.45, 2.75) is 45.7 Å². The van der Waals surface area contributed by atoms with Crippen molar-refractivity contribution < 1.29 is 30.9 Å². The van der Waals surface area contributed by atoms with Gasteiger partial charge in [0.1, 0.15) is 11.3 Å². The molecular formula is C35H30N3O2Pt-. The standard InChI is InChI=1S/C35H30N3O2.Pt/c1-21-18-22(2)33(23(3)19-21)38-34-28-12-5-4-8-24(28)14-16-29(34)36-35(38)26-10-6-11-27(20-26)40-31-17-15-25-9-7-13-30(39)32(25)37-31;/h4-13,15,17-19,29,34,39H,14,16H2,1-3H3;/q-1;/t29-,34-;/m0./s1. The fraction of sp³-hybridized carbons (Fsp3) is 0.200. The number of aromatic nitrogens is 1. The summed E-state index contributed by atoms with van der Waals surface area (Å²) in [4.78, 5) is 12.3. The Hall–Kier alpha value is -3.95. The van der Waals surface area contributed by atoms with Crippen LogP contribution in [0, 0.1) is 26.8 Å². The first-order chi connectivity index (χ1) is 19.5. The van der Waals surface area contributed by atoms with E-state index in [-0.39, 0.29) is 38.9 Å². The number of pyridine rings is 1. The van der Waals surface area contributed by atoms with Crippen LogP contribution in [0.15, 0.2) is 89.9 Å². The molecule has 0 fully saturated rings. The number of aryl methyl sites for hydroxylation is 4. The third-order valence-corrected chi connectivity index (χ3v) is 8.02. The second-order valence-electron chi connectivity index (χ2n) is 10.8. The van der Waals surface area contributed by atoms with E-state index >= 15 is 0 Å². The summed E-state index contributed by atoms with van der Waals surface area (Å²) in [6, 6.07) is 32.1. The maximum absolute atomic E-state index is 10.3. The molecule has 0 saturated carbocycles. The number of phenols is 1. The predicted octanol–water partition coefficient (Wildman–Crippen LogP) is 7.78. The minimum Gasteiger partial charge on any atom is -0.506 e. The molecule has 6 heteroatoms. The van der Waals surface area contributed by atoms with Crippen molar-refractivity contribution in [1.29, 1.82) is 0 Å². The molecule has 5 nitrogen and oxygen atoms in total. The van der Waals surface area contributed by atoms with Gasteiger partial charge in [0, 0.05) is 44.0 Å². The molecule has 1 aromatic heterocycles. The van der Waals surface area contributed by atoms with Crippen molar-refractivity contribution in [3.05, 3.63) is 124 Å². The van der Waals surface area contributed by atoms with E-state index in [1.54, 1.807) is 12.1 Å². The number of rotatable bonds is 4. The topological polar surface area (TPSA) is 58.0 Å². The number of benzene rings is 4. The van der Waals surface area contributed by atoms with E-state index in [9.17, 15) is 5.11 Å². The first-order valence-corrected chi connectivity index (χ1v) is 13.8. The summed E-state index contributed by atoms with van der Waals surface area (Å²) in [5.74, 6) is 2.00. The Kier molecular flexibility index (Phi) is 7.17. The van der Waals surface area contributed by atoms with Gasteiger partial charge in [0.05, 0.1) is 17.9 Å². The third kappa shape index (κ3) is 4.83. The zero-order valence-corrected chi connectivity index (χ0v) is 25.4. The predicted molar refractivity (Wildman–Crippen MR) is 160 cm³/mol. The van der Waals surface area contributed by atoms with Gasteiger partial charge in [-0.1, -0.05) is 60.2 Å². The minimum atomic E-state index is 0. The number of para-hydroxylation sites is 1. The average Bonchev–Trinajstić information content (AvgIpc) is 3.33. The van der Waals surface area contributed by atoms with Crippen molar-refractivity contribution in [1.82, 2.24) is 4.98 Å². The van der Waals surface area contributed by atoms with Crippen molar-refractivity contribution in [3.63, 3.8) is 0 Å². The Morgan fingerprint density at radius 3 is 2.51 bits per heavy atom. The Morgan fingerprint density at radius 1 is 0.902 bits per heavy atom.